The molecule has 0 saturated heterocycles. The molecule has 1 N–H and O–H groups in total. The molecule has 0 fully saturated rings. The summed E-state index contributed by atoms with van der Waals surface area (Å²) >= 11 is 1.37. The summed E-state index contributed by atoms with van der Waals surface area (Å²) in [5, 5.41) is 4.81. The van der Waals surface area contributed by atoms with Gasteiger partial charge in [-0.2, -0.15) is 0 Å². The normalized spacial score (nSPS) is 12.3. The number of benzene rings is 2. The summed E-state index contributed by atoms with van der Waals surface area (Å²) in [5.74, 6) is 2.52. The van der Waals surface area contributed by atoms with Gasteiger partial charge in [-0.05, 0) is 48.2 Å². The Bertz CT molecular complexity index is 1030. The van der Waals surface area contributed by atoms with Crippen LogP contribution in [0.2, 0.25) is 0 Å². The minimum absolute atomic E-state index is 0.175. The lowest BCUT2D eigenvalue weighted by molar-refractivity contribution is 0.103. The van der Waals surface area contributed by atoms with Gasteiger partial charge >= 0.3 is 0 Å². The van der Waals surface area contributed by atoms with Gasteiger partial charge in [-0.1, -0.05) is 6.07 Å². The second-order valence-electron chi connectivity index (χ2n) is 6.57. The lowest BCUT2D eigenvalue weighted by Gasteiger charge is -2.18. The molecule has 0 unspecified atom stereocenters. The van der Waals surface area contributed by atoms with Crippen LogP contribution in [-0.2, 0) is 6.61 Å². The Kier molecular flexibility index (Phi) is 5.57. The molecule has 0 spiro atoms. The van der Waals surface area contributed by atoms with Crippen LogP contribution in [0.5, 0.6) is 23.0 Å². The van der Waals surface area contributed by atoms with Crippen molar-refractivity contribution in [3.63, 3.8) is 0 Å². The van der Waals surface area contributed by atoms with Gasteiger partial charge in [0.2, 0.25) is 0 Å². The van der Waals surface area contributed by atoms with Crippen LogP contribution in [0.1, 0.15) is 20.8 Å². The molecule has 0 radical (unpaired) electrons. The number of rotatable bonds is 6. The zero-order valence-corrected chi connectivity index (χ0v) is 17.0. The van der Waals surface area contributed by atoms with Crippen molar-refractivity contribution in [2.75, 3.05) is 25.6 Å². The van der Waals surface area contributed by atoms with Crippen molar-refractivity contribution >= 4 is 22.9 Å². The zero-order chi connectivity index (χ0) is 20.2. The van der Waals surface area contributed by atoms with E-state index in [9.17, 15) is 4.79 Å². The van der Waals surface area contributed by atoms with Crippen molar-refractivity contribution in [1.29, 1.82) is 0 Å². The van der Waals surface area contributed by atoms with Crippen molar-refractivity contribution in [2.24, 2.45) is 0 Å². The number of hydrogen-bond donors (Lipinski definition) is 1. The number of anilines is 1. The third-order valence-corrected chi connectivity index (χ3v) is 5.37. The summed E-state index contributed by atoms with van der Waals surface area (Å²) in [6.07, 6.45) is 0. The molecule has 2 aromatic carbocycles. The van der Waals surface area contributed by atoms with E-state index in [2.05, 4.69) is 5.32 Å². The Labute approximate surface area is 173 Å². The van der Waals surface area contributed by atoms with Crippen molar-refractivity contribution in [2.45, 2.75) is 13.5 Å². The van der Waals surface area contributed by atoms with Crippen LogP contribution in [0.15, 0.2) is 47.8 Å². The van der Waals surface area contributed by atoms with Gasteiger partial charge in [0.05, 0.1) is 12.0 Å². The Morgan fingerprint density at radius 3 is 2.72 bits per heavy atom. The molecule has 0 bridgehead atoms. The van der Waals surface area contributed by atoms with E-state index in [1.807, 2.05) is 36.6 Å². The SMILES string of the molecule is COc1cc(C)ccc1OCc1csc(C(=O)Nc2ccc3c(c2)OCCO3)c1. The first-order valence-electron chi connectivity index (χ1n) is 9.18. The van der Waals surface area contributed by atoms with E-state index in [4.69, 9.17) is 18.9 Å². The molecule has 0 atom stereocenters. The highest BCUT2D eigenvalue weighted by atomic mass is 32.1. The largest absolute Gasteiger partial charge is 0.493 e. The molecule has 4 rings (SSSR count). The number of ether oxygens (including phenoxy) is 4. The molecule has 6 nitrogen and oxygen atoms in total. The fourth-order valence-electron chi connectivity index (χ4n) is 2.94. The summed E-state index contributed by atoms with van der Waals surface area (Å²) < 4.78 is 22.3. The molecular formula is C22H21NO5S. The van der Waals surface area contributed by atoms with Gasteiger partial charge in [-0.15, -0.1) is 11.3 Å². The number of amides is 1. The Morgan fingerprint density at radius 2 is 1.90 bits per heavy atom. The maximum absolute atomic E-state index is 12.6. The van der Waals surface area contributed by atoms with E-state index in [1.54, 1.807) is 25.3 Å². The molecule has 150 valence electrons. The Balaban J connectivity index is 1.39. The van der Waals surface area contributed by atoms with Gasteiger partial charge in [0.1, 0.15) is 19.8 Å². The minimum Gasteiger partial charge on any atom is -0.493 e. The first-order valence-corrected chi connectivity index (χ1v) is 10.1. The average molecular weight is 411 g/mol. The van der Waals surface area contributed by atoms with E-state index in [0.29, 0.717) is 53.4 Å². The highest BCUT2D eigenvalue weighted by Crippen LogP contribution is 2.33. The maximum atomic E-state index is 12.6. The summed E-state index contributed by atoms with van der Waals surface area (Å²) in [6, 6.07) is 13.0. The molecule has 1 aromatic heterocycles. The van der Waals surface area contributed by atoms with E-state index < -0.39 is 0 Å². The van der Waals surface area contributed by atoms with Crippen LogP contribution in [0.4, 0.5) is 5.69 Å². The van der Waals surface area contributed by atoms with Crippen molar-refractivity contribution < 1.29 is 23.7 Å². The Hall–Kier alpha value is -3.19. The highest BCUT2D eigenvalue weighted by molar-refractivity contribution is 7.12. The number of nitrogens with one attached hydrogen (secondary N) is 1. The predicted molar refractivity (Wildman–Crippen MR) is 112 cm³/mol. The van der Waals surface area contributed by atoms with E-state index in [1.165, 1.54) is 11.3 Å². The van der Waals surface area contributed by atoms with Crippen LogP contribution >= 0.6 is 11.3 Å². The molecule has 29 heavy (non-hydrogen) atoms. The monoisotopic (exact) mass is 411 g/mol. The summed E-state index contributed by atoms with van der Waals surface area (Å²) in [6.45, 7) is 3.39. The quantitative estimate of drug-likeness (QED) is 0.639. The van der Waals surface area contributed by atoms with Gasteiger partial charge < -0.3 is 24.3 Å². The van der Waals surface area contributed by atoms with Crippen LogP contribution < -0.4 is 24.3 Å². The second kappa shape index (κ2) is 8.45. The first kappa shape index (κ1) is 19.1. The molecule has 7 heteroatoms. The van der Waals surface area contributed by atoms with E-state index in [-0.39, 0.29) is 5.91 Å². The van der Waals surface area contributed by atoms with Crippen molar-refractivity contribution in [1.82, 2.24) is 0 Å². The van der Waals surface area contributed by atoms with Crippen LogP contribution in [0, 0.1) is 6.92 Å². The molecule has 1 amide bonds. The fraction of sp³-hybridized carbons (Fsp3) is 0.227. The van der Waals surface area contributed by atoms with E-state index in [0.717, 1.165) is 11.1 Å². The van der Waals surface area contributed by atoms with Gasteiger partial charge in [0, 0.05) is 17.3 Å². The molecule has 1 aliphatic rings. The first-order chi connectivity index (χ1) is 14.1. The number of fused-ring (bicyclic) bond motifs is 1. The van der Waals surface area contributed by atoms with Crippen molar-refractivity contribution in [3.8, 4) is 23.0 Å². The second-order valence-corrected chi connectivity index (χ2v) is 7.49. The topological polar surface area (TPSA) is 66.0 Å². The number of carbonyl (C=O) groups excluding carboxylic acids is 1. The molecule has 1 aliphatic heterocycles. The third kappa shape index (κ3) is 4.46. The Morgan fingerprint density at radius 1 is 1.07 bits per heavy atom. The van der Waals surface area contributed by atoms with Crippen LogP contribution in [0.3, 0.4) is 0 Å². The smallest absolute Gasteiger partial charge is 0.265 e. The molecule has 3 aromatic rings. The average Bonchev–Trinajstić information content (AvgIpc) is 3.22. The maximum Gasteiger partial charge on any atom is 0.265 e. The minimum atomic E-state index is -0.175. The van der Waals surface area contributed by atoms with Gasteiger partial charge in [0.25, 0.3) is 5.91 Å². The summed E-state index contributed by atoms with van der Waals surface area (Å²) in [7, 11) is 1.62. The van der Waals surface area contributed by atoms with Gasteiger partial charge in [-0.25, -0.2) is 0 Å². The number of hydrogen-bond acceptors (Lipinski definition) is 6. The lowest BCUT2D eigenvalue weighted by atomic mass is 10.2. The number of methoxy groups -OCH3 is 1. The standard InChI is InChI=1S/C22H21NO5S/c1-14-3-5-17(19(9-14)25-2)28-12-15-10-21(29-13-15)22(24)23-16-4-6-18-20(11-16)27-8-7-26-18/h3-6,9-11,13H,7-8,12H2,1-2H3,(H,23,24). The van der Waals surface area contributed by atoms with Crippen LogP contribution in [-0.4, -0.2) is 26.2 Å². The molecule has 2 heterocycles. The predicted octanol–water partition coefficient (Wildman–Crippen LogP) is 4.67. The lowest BCUT2D eigenvalue weighted by Crippen LogP contribution is -2.16. The summed E-state index contributed by atoms with van der Waals surface area (Å²) in [5.41, 5.74) is 2.68. The number of carbonyl (C=O) groups is 1. The zero-order valence-electron chi connectivity index (χ0n) is 16.2. The molecule has 0 aliphatic carbocycles. The summed E-state index contributed by atoms with van der Waals surface area (Å²) in [4.78, 5) is 13.2. The fourth-order valence-corrected chi connectivity index (χ4v) is 3.73. The molecule has 0 saturated carbocycles. The number of aryl methyl sites for hydroxylation is 1. The van der Waals surface area contributed by atoms with Gasteiger partial charge in [-0.3, -0.25) is 4.79 Å². The van der Waals surface area contributed by atoms with Crippen LogP contribution in [0.25, 0.3) is 0 Å². The third-order valence-electron chi connectivity index (χ3n) is 4.39. The number of thiophene rings is 1. The molecular weight excluding hydrogens is 390 g/mol. The van der Waals surface area contributed by atoms with Gasteiger partial charge in [0.15, 0.2) is 23.0 Å². The van der Waals surface area contributed by atoms with E-state index >= 15 is 0 Å². The highest BCUT2D eigenvalue weighted by Gasteiger charge is 2.15. The van der Waals surface area contributed by atoms with Crippen molar-refractivity contribution in [3.05, 3.63) is 63.8 Å².